The van der Waals surface area contributed by atoms with Crippen molar-refractivity contribution in [2.24, 2.45) is 5.41 Å². The first-order chi connectivity index (χ1) is 8.88. The molecule has 0 aromatic carbocycles. The van der Waals surface area contributed by atoms with Crippen molar-refractivity contribution in [3.63, 3.8) is 0 Å². The van der Waals surface area contributed by atoms with Gasteiger partial charge in [-0.1, -0.05) is 0 Å². The van der Waals surface area contributed by atoms with Crippen molar-refractivity contribution < 1.29 is 9.53 Å². The van der Waals surface area contributed by atoms with Gasteiger partial charge in [-0.15, -0.1) is 0 Å². The topological polar surface area (TPSA) is 93.9 Å². The molecule has 0 bridgehead atoms. The Morgan fingerprint density at radius 1 is 1.32 bits per heavy atom. The minimum absolute atomic E-state index is 0.298. The largest absolute Gasteiger partial charge is 0.407 e. The number of rotatable bonds is 2. The highest BCUT2D eigenvalue weighted by Crippen LogP contribution is 2.29. The van der Waals surface area contributed by atoms with E-state index < -0.39 is 5.41 Å². The zero-order valence-electron chi connectivity index (χ0n) is 11.1. The minimum Gasteiger partial charge on any atom is -0.407 e. The van der Waals surface area contributed by atoms with E-state index >= 15 is 0 Å². The van der Waals surface area contributed by atoms with Gasteiger partial charge in [0.15, 0.2) is 0 Å². The smallest absolute Gasteiger partial charge is 0.317 e. The zero-order valence-corrected chi connectivity index (χ0v) is 11.1. The number of ether oxygens (including phenoxy) is 1. The van der Waals surface area contributed by atoms with E-state index in [1.807, 2.05) is 0 Å². The summed E-state index contributed by atoms with van der Waals surface area (Å²) in [5.41, 5.74) is 7.02. The van der Waals surface area contributed by atoms with Gasteiger partial charge in [-0.25, -0.2) is 5.10 Å². The van der Waals surface area contributed by atoms with E-state index in [4.69, 9.17) is 10.5 Å². The number of nitrogens with one attached hydrogen (secondary N) is 1. The van der Waals surface area contributed by atoms with Crippen LogP contribution in [0, 0.1) is 5.41 Å². The molecule has 0 aliphatic rings. The fourth-order valence-electron chi connectivity index (χ4n) is 1.41. The SMILES string of the molecule is CC(C)(C)C(=O)Oc1[nH]ncc1-c1cncc(N)c1. The number of H-pyrrole nitrogens is 1. The molecule has 6 heteroatoms. The van der Waals surface area contributed by atoms with E-state index in [0.29, 0.717) is 17.1 Å². The number of carbonyl (C=O) groups excluding carboxylic acids is 1. The molecule has 0 atom stereocenters. The summed E-state index contributed by atoms with van der Waals surface area (Å²) in [5.74, 6) is -0.0396. The van der Waals surface area contributed by atoms with Crippen LogP contribution in [0.15, 0.2) is 24.7 Å². The Balaban J connectivity index is 2.31. The van der Waals surface area contributed by atoms with Gasteiger partial charge in [-0.2, -0.15) is 5.10 Å². The molecule has 0 spiro atoms. The average Bonchev–Trinajstić information content (AvgIpc) is 2.76. The van der Waals surface area contributed by atoms with Gasteiger partial charge >= 0.3 is 5.97 Å². The van der Waals surface area contributed by atoms with Crippen LogP contribution in [-0.2, 0) is 4.79 Å². The van der Waals surface area contributed by atoms with E-state index in [1.54, 1.807) is 45.4 Å². The summed E-state index contributed by atoms with van der Waals surface area (Å²) in [5, 5.41) is 6.56. The molecule has 0 saturated carbocycles. The Morgan fingerprint density at radius 3 is 2.68 bits per heavy atom. The monoisotopic (exact) mass is 260 g/mol. The van der Waals surface area contributed by atoms with Crippen LogP contribution >= 0.6 is 0 Å². The molecule has 2 rings (SSSR count). The van der Waals surface area contributed by atoms with Gasteiger partial charge in [-0.05, 0) is 26.8 Å². The minimum atomic E-state index is -0.587. The van der Waals surface area contributed by atoms with Crippen molar-refractivity contribution >= 4 is 11.7 Å². The molecule has 0 unspecified atom stereocenters. The summed E-state index contributed by atoms with van der Waals surface area (Å²) in [4.78, 5) is 15.9. The third kappa shape index (κ3) is 2.90. The quantitative estimate of drug-likeness (QED) is 0.805. The number of anilines is 1. The van der Waals surface area contributed by atoms with Crippen molar-refractivity contribution in [1.82, 2.24) is 15.2 Å². The number of carbonyl (C=O) groups is 1. The first kappa shape index (κ1) is 13.1. The first-order valence-electron chi connectivity index (χ1n) is 5.84. The molecular weight excluding hydrogens is 244 g/mol. The van der Waals surface area contributed by atoms with Crippen molar-refractivity contribution in [2.75, 3.05) is 5.73 Å². The van der Waals surface area contributed by atoms with Crippen LogP contribution in [0.4, 0.5) is 5.69 Å². The van der Waals surface area contributed by atoms with Gasteiger partial charge in [0.05, 0.1) is 22.9 Å². The summed E-state index contributed by atoms with van der Waals surface area (Å²) in [6.45, 7) is 5.36. The van der Waals surface area contributed by atoms with Crippen LogP contribution in [0.3, 0.4) is 0 Å². The molecular formula is C13H16N4O2. The third-order valence-electron chi connectivity index (χ3n) is 2.48. The number of nitrogen functional groups attached to an aromatic ring is 1. The summed E-state index contributed by atoms with van der Waals surface area (Å²) in [6, 6.07) is 1.74. The third-order valence-corrected chi connectivity index (χ3v) is 2.48. The number of aromatic amines is 1. The van der Waals surface area contributed by atoms with Crippen LogP contribution in [0.2, 0.25) is 0 Å². The van der Waals surface area contributed by atoms with Gasteiger partial charge in [0.25, 0.3) is 0 Å². The maximum absolute atomic E-state index is 11.9. The molecule has 0 aliphatic heterocycles. The summed E-state index contributed by atoms with van der Waals surface area (Å²) in [6.07, 6.45) is 4.75. The van der Waals surface area contributed by atoms with E-state index in [9.17, 15) is 4.79 Å². The lowest BCUT2D eigenvalue weighted by Crippen LogP contribution is -2.25. The highest BCUT2D eigenvalue weighted by Gasteiger charge is 2.25. The van der Waals surface area contributed by atoms with Crippen LogP contribution in [0.5, 0.6) is 5.88 Å². The maximum Gasteiger partial charge on any atom is 0.317 e. The lowest BCUT2D eigenvalue weighted by molar-refractivity contribution is -0.143. The Hall–Kier alpha value is -2.37. The second kappa shape index (κ2) is 4.72. The van der Waals surface area contributed by atoms with Gasteiger partial charge in [-0.3, -0.25) is 9.78 Å². The Labute approximate surface area is 111 Å². The fourth-order valence-corrected chi connectivity index (χ4v) is 1.41. The highest BCUT2D eigenvalue weighted by molar-refractivity contribution is 5.80. The fraction of sp³-hybridized carbons (Fsp3) is 0.308. The Morgan fingerprint density at radius 2 is 2.05 bits per heavy atom. The average molecular weight is 260 g/mol. The van der Waals surface area contributed by atoms with Crippen LogP contribution < -0.4 is 10.5 Å². The van der Waals surface area contributed by atoms with E-state index in [2.05, 4.69) is 15.2 Å². The van der Waals surface area contributed by atoms with Crippen LogP contribution in [0.1, 0.15) is 20.8 Å². The van der Waals surface area contributed by atoms with E-state index in [1.165, 1.54) is 0 Å². The molecule has 2 heterocycles. The van der Waals surface area contributed by atoms with Crippen molar-refractivity contribution in [2.45, 2.75) is 20.8 Å². The molecule has 2 aromatic rings. The molecule has 0 saturated heterocycles. The highest BCUT2D eigenvalue weighted by atomic mass is 16.5. The molecule has 0 radical (unpaired) electrons. The van der Waals surface area contributed by atoms with E-state index in [-0.39, 0.29) is 5.97 Å². The molecule has 6 nitrogen and oxygen atoms in total. The number of nitrogens with two attached hydrogens (primary N) is 1. The standard InChI is InChI=1S/C13H16N4O2/c1-13(2,3)12(18)19-11-10(7-16-17-11)8-4-9(14)6-15-5-8/h4-7H,14H2,1-3H3,(H,16,17). The predicted molar refractivity (Wildman–Crippen MR) is 71.3 cm³/mol. The number of hydrogen-bond donors (Lipinski definition) is 2. The zero-order chi connectivity index (χ0) is 14.0. The maximum atomic E-state index is 11.9. The van der Waals surface area contributed by atoms with Gasteiger partial charge in [0, 0.05) is 18.0 Å². The van der Waals surface area contributed by atoms with Crippen molar-refractivity contribution in [3.8, 4) is 17.0 Å². The lowest BCUT2D eigenvalue weighted by Gasteiger charge is -2.15. The van der Waals surface area contributed by atoms with Gasteiger partial charge in [0.1, 0.15) is 0 Å². The summed E-state index contributed by atoms with van der Waals surface area (Å²) in [7, 11) is 0. The molecule has 0 amide bonds. The lowest BCUT2D eigenvalue weighted by atomic mass is 9.97. The van der Waals surface area contributed by atoms with E-state index in [0.717, 1.165) is 5.56 Å². The summed E-state index contributed by atoms with van der Waals surface area (Å²) >= 11 is 0. The van der Waals surface area contributed by atoms with Gasteiger partial charge in [0.2, 0.25) is 5.88 Å². The number of nitrogens with zero attached hydrogens (tertiary/aromatic N) is 2. The molecule has 0 fully saturated rings. The summed E-state index contributed by atoms with van der Waals surface area (Å²) < 4.78 is 5.32. The number of hydrogen-bond acceptors (Lipinski definition) is 5. The molecule has 0 aliphatic carbocycles. The molecule has 100 valence electrons. The normalized spacial score (nSPS) is 11.3. The Bertz CT molecular complexity index is 599. The molecule has 2 aromatic heterocycles. The van der Waals surface area contributed by atoms with Crippen molar-refractivity contribution in [1.29, 1.82) is 0 Å². The number of aromatic nitrogens is 3. The van der Waals surface area contributed by atoms with Crippen LogP contribution in [-0.4, -0.2) is 21.2 Å². The molecule has 19 heavy (non-hydrogen) atoms. The Kier molecular flexibility index (Phi) is 3.25. The second-order valence-corrected chi connectivity index (χ2v) is 5.26. The van der Waals surface area contributed by atoms with Crippen molar-refractivity contribution in [3.05, 3.63) is 24.7 Å². The first-order valence-corrected chi connectivity index (χ1v) is 5.84. The van der Waals surface area contributed by atoms with Crippen LogP contribution in [0.25, 0.3) is 11.1 Å². The predicted octanol–water partition coefficient (Wildman–Crippen LogP) is 2.01. The second-order valence-electron chi connectivity index (χ2n) is 5.26. The molecule has 3 N–H and O–H groups in total. The number of esters is 1. The van der Waals surface area contributed by atoms with Gasteiger partial charge < -0.3 is 10.5 Å². The number of pyridine rings is 1.